The fourth-order valence-corrected chi connectivity index (χ4v) is 2.03. The van der Waals surface area contributed by atoms with Crippen LogP contribution in [0.3, 0.4) is 0 Å². The van der Waals surface area contributed by atoms with Gasteiger partial charge in [-0.15, -0.1) is 0 Å². The van der Waals surface area contributed by atoms with Crippen molar-refractivity contribution in [2.45, 2.75) is 23.4 Å². The van der Waals surface area contributed by atoms with Gasteiger partial charge in [-0.25, -0.2) is 0 Å². The fourth-order valence-electron chi connectivity index (χ4n) is 0.391. The van der Waals surface area contributed by atoms with E-state index in [0.29, 0.717) is 0 Å². The van der Waals surface area contributed by atoms with E-state index in [-0.39, 0.29) is 13.9 Å². The molecule has 0 aliphatic rings. The van der Waals surface area contributed by atoms with Crippen molar-refractivity contribution in [1.82, 2.24) is 0 Å². The normalized spacial score (nSPS) is 10.3. The molecule has 0 rings (SSSR count). The number of hydrogen-bond donors (Lipinski definition) is 1. The van der Waals surface area contributed by atoms with Crippen LogP contribution in [0.1, 0.15) is 6.42 Å². The Labute approximate surface area is 50.2 Å². The van der Waals surface area contributed by atoms with E-state index in [1.165, 1.54) is 11.7 Å². The molecule has 0 spiro atoms. The summed E-state index contributed by atoms with van der Waals surface area (Å²) in [6.45, 7) is 1.13. The Bertz CT molecular complexity index is 37.1. The van der Waals surface area contributed by atoms with E-state index in [1.807, 2.05) is 0 Å². The van der Waals surface area contributed by atoms with Gasteiger partial charge in [0.2, 0.25) is 0 Å². The van der Waals surface area contributed by atoms with E-state index in [2.05, 4.69) is 17.4 Å². The Kier molecular flexibility index (Phi) is 4.95. The fraction of sp³-hybridized carbons (Fsp3) is 1.00. The molecular formula is C5H15NSe+2. The van der Waals surface area contributed by atoms with Gasteiger partial charge in [0, 0.05) is 0 Å². The maximum atomic E-state index is 3.78. The van der Waals surface area contributed by atoms with E-state index in [9.17, 15) is 0 Å². The molecule has 3 N–H and O–H groups in total. The summed E-state index contributed by atoms with van der Waals surface area (Å²) in [7, 11) is 0. The van der Waals surface area contributed by atoms with Gasteiger partial charge in [-0.3, -0.25) is 0 Å². The summed E-state index contributed by atoms with van der Waals surface area (Å²) in [5.74, 6) is 4.74. The van der Waals surface area contributed by atoms with Crippen LogP contribution in [0.25, 0.3) is 0 Å². The Hall–Kier alpha value is 0.479. The molecule has 0 saturated heterocycles. The molecule has 0 unspecified atom stereocenters. The standard InChI is InChI=1S/C5H14NSe/c1-7(2)5-3-4-6/h3-6H2,1-2H3/q+1/p+1. The van der Waals surface area contributed by atoms with Crippen LogP contribution in [0.5, 0.6) is 0 Å². The predicted octanol–water partition coefficient (Wildman–Crippen LogP) is 0.373. The molecule has 44 valence electrons. The Morgan fingerprint density at radius 1 is 1.43 bits per heavy atom. The maximum absolute atomic E-state index is 3.78. The minimum absolute atomic E-state index is 0.119. The Morgan fingerprint density at radius 2 is 2.00 bits per heavy atom. The van der Waals surface area contributed by atoms with Crippen LogP contribution in [0, 0.1) is 0 Å². The molecule has 0 aliphatic carbocycles. The van der Waals surface area contributed by atoms with Crippen LogP contribution in [-0.2, 0) is 0 Å². The van der Waals surface area contributed by atoms with Crippen molar-refractivity contribution in [1.29, 1.82) is 0 Å². The Morgan fingerprint density at radius 3 is 2.14 bits per heavy atom. The third kappa shape index (κ3) is 6.48. The van der Waals surface area contributed by atoms with Crippen LogP contribution in [0.2, 0.25) is 17.0 Å². The van der Waals surface area contributed by atoms with E-state index in [0.717, 1.165) is 6.54 Å². The molecule has 7 heavy (non-hydrogen) atoms. The first-order chi connectivity index (χ1) is 3.27. The van der Waals surface area contributed by atoms with Crippen molar-refractivity contribution in [3.8, 4) is 0 Å². The molecule has 0 fully saturated rings. The molecule has 0 atom stereocenters. The first kappa shape index (κ1) is 7.48. The van der Waals surface area contributed by atoms with Gasteiger partial charge in [0.05, 0.1) is 0 Å². The topological polar surface area (TPSA) is 27.6 Å². The minimum atomic E-state index is -0.119. The van der Waals surface area contributed by atoms with Crippen LogP contribution in [0.4, 0.5) is 0 Å². The molecule has 0 aromatic heterocycles. The van der Waals surface area contributed by atoms with E-state index < -0.39 is 0 Å². The second-order valence-corrected chi connectivity index (χ2v) is 6.89. The van der Waals surface area contributed by atoms with Crippen molar-refractivity contribution in [2.24, 2.45) is 0 Å². The van der Waals surface area contributed by atoms with Crippen molar-refractivity contribution >= 4 is 13.9 Å². The van der Waals surface area contributed by atoms with Gasteiger partial charge in [-0.2, -0.15) is 0 Å². The third-order valence-corrected chi connectivity index (χ3v) is 3.12. The quantitative estimate of drug-likeness (QED) is 0.590. The number of quaternary nitrogens is 1. The molecule has 0 radical (unpaired) electrons. The van der Waals surface area contributed by atoms with Crippen LogP contribution in [0.15, 0.2) is 0 Å². The summed E-state index contributed by atoms with van der Waals surface area (Å²) in [5.41, 5.74) is 3.78. The van der Waals surface area contributed by atoms with E-state index in [1.54, 1.807) is 0 Å². The molecule has 0 saturated carbocycles. The van der Waals surface area contributed by atoms with Crippen molar-refractivity contribution in [2.75, 3.05) is 6.54 Å². The van der Waals surface area contributed by atoms with Crippen LogP contribution >= 0.6 is 0 Å². The van der Waals surface area contributed by atoms with Gasteiger partial charge in [-0.1, -0.05) is 0 Å². The molecule has 2 heteroatoms. The molecule has 0 heterocycles. The first-order valence-electron chi connectivity index (χ1n) is 2.61. The average Bonchev–Trinajstić information content (AvgIpc) is 1.61. The summed E-state index contributed by atoms with van der Waals surface area (Å²) in [5, 5.41) is 1.46. The summed E-state index contributed by atoms with van der Waals surface area (Å²) >= 11 is -0.119. The molecule has 0 aromatic rings. The van der Waals surface area contributed by atoms with Crippen molar-refractivity contribution < 1.29 is 5.73 Å². The second-order valence-electron chi connectivity index (χ2n) is 1.90. The molecule has 1 nitrogen and oxygen atoms in total. The third-order valence-electron chi connectivity index (χ3n) is 0.803. The van der Waals surface area contributed by atoms with Gasteiger partial charge < -0.3 is 0 Å². The summed E-state index contributed by atoms with van der Waals surface area (Å²) < 4.78 is 0. The van der Waals surface area contributed by atoms with Crippen LogP contribution < -0.4 is 5.73 Å². The van der Waals surface area contributed by atoms with Crippen LogP contribution in [-0.4, -0.2) is 20.4 Å². The van der Waals surface area contributed by atoms with Gasteiger partial charge in [0.15, 0.2) is 0 Å². The summed E-state index contributed by atoms with van der Waals surface area (Å²) in [4.78, 5) is 0. The van der Waals surface area contributed by atoms with Gasteiger partial charge in [0.1, 0.15) is 0 Å². The van der Waals surface area contributed by atoms with Gasteiger partial charge >= 0.3 is 49.6 Å². The first-order valence-corrected chi connectivity index (χ1v) is 7.24. The molecule has 0 aliphatic heterocycles. The summed E-state index contributed by atoms with van der Waals surface area (Å²) in [6, 6.07) is 0. The predicted molar refractivity (Wildman–Crippen MR) is 34.7 cm³/mol. The average molecular weight is 168 g/mol. The van der Waals surface area contributed by atoms with Gasteiger partial charge in [-0.05, 0) is 0 Å². The zero-order chi connectivity index (χ0) is 5.70. The second kappa shape index (κ2) is 4.63. The number of hydrogen-bond acceptors (Lipinski definition) is 0. The van der Waals surface area contributed by atoms with E-state index >= 15 is 0 Å². The molecule has 0 aromatic carbocycles. The SMILES string of the molecule is C[Se+](C)CCC[NH3+]. The molecular weight excluding hydrogens is 153 g/mol. The Balaban J connectivity index is 2.68. The number of rotatable bonds is 3. The molecule has 0 amide bonds. The van der Waals surface area contributed by atoms with Crippen molar-refractivity contribution in [3.63, 3.8) is 0 Å². The molecule has 0 bridgehead atoms. The van der Waals surface area contributed by atoms with Crippen molar-refractivity contribution in [3.05, 3.63) is 0 Å². The zero-order valence-corrected chi connectivity index (χ0v) is 6.95. The van der Waals surface area contributed by atoms with E-state index in [4.69, 9.17) is 0 Å². The zero-order valence-electron chi connectivity index (χ0n) is 5.24. The monoisotopic (exact) mass is 169 g/mol. The summed E-state index contributed by atoms with van der Waals surface area (Å²) in [6.07, 6.45) is 1.34. The van der Waals surface area contributed by atoms with Gasteiger partial charge in [0.25, 0.3) is 0 Å².